The number of hydrogen-bond acceptors (Lipinski definition) is 3. The van der Waals surface area contributed by atoms with Gasteiger partial charge in [0, 0.05) is 12.1 Å². The highest BCUT2D eigenvalue weighted by Crippen LogP contribution is 2.20. The molecule has 1 aliphatic heterocycles. The third kappa shape index (κ3) is 4.14. The summed E-state index contributed by atoms with van der Waals surface area (Å²) >= 11 is 0. The Morgan fingerprint density at radius 3 is 2.57 bits per heavy atom. The van der Waals surface area contributed by atoms with Gasteiger partial charge in [-0.15, -0.1) is 0 Å². The Balaban J connectivity index is 2.04. The Morgan fingerprint density at radius 1 is 1.29 bits per heavy atom. The van der Waals surface area contributed by atoms with E-state index in [0.29, 0.717) is 12.5 Å². The minimum atomic E-state index is 0.273. The zero-order chi connectivity index (χ0) is 15.4. The van der Waals surface area contributed by atoms with Crippen LogP contribution in [0.3, 0.4) is 0 Å². The van der Waals surface area contributed by atoms with Crippen LogP contribution in [0.5, 0.6) is 0 Å². The first-order valence-corrected chi connectivity index (χ1v) is 7.99. The van der Waals surface area contributed by atoms with Crippen LogP contribution < -0.4 is 5.32 Å². The van der Waals surface area contributed by atoms with Crippen molar-refractivity contribution in [3.05, 3.63) is 34.4 Å². The van der Waals surface area contributed by atoms with E-state index in [4.69, 9.17) is 0 Å². The fourth-order valence-corrected chi connectivity index (χ4v) is 3.65. The molecule has 0 aromatic heterocycles. The summed E-state index contributed by atoms with van der Waals surface area (Å²) in [5, 5.41) is 3.26. The van der Waals surface area contributed by atoms with Crippen LogP contribution in [0.1, 0.15) is 39.9 Å². The summed E-state index contributed by atoms with van der Waals surface area (Å²) in [7, 11) is 2.00. The van der Waals surface area contributed by atoms with Crippen LogP contribution >= 0.6 is 0 Å². The van der Waals surface area contributed by atoms with Crippen molar-refractivity contribution >= 4 is 5.78 Å². The normalized spacial score (nSPS) is 19.7. The molecule has 1 aromatic rings. The number of carbonyl (C=O) groups excluding carboxylic acids is 1. The summed E-state index contributed by atoms with van der Waals surface area (Å²) in [6.45, 7) is 9.88. The molecule has 0 saturated carbocycles. The summed E-state index contributed by atoms with van der Waals surface area (Å²) in [5.74, 6) is 0.951. The lowest BCUT2D eigenvalue weighted by molar-refractivity contribution is 0.0885. The lowest BCUT2D eigenvalue weighted by Crippen LogP contribution is -2.41. The molecule has 1 saturated heterocycles. The van der Waals surface area contributed by atoms with Gasteiger partial charge in [0.2, 0.25) is 0 Å². The van der Waals surface area contributed by atoms with Crippen LogP contribution in [0.25, 0.3) is 0 Å². The van der Waals surface area contributed by atoms with Gasteiger partial charge in [-0.05, 0) is 70.8 Å². The summed E-state index contributed by atoms with van der Waals surface area (Å²) in [6.07, 6.45) is 2.47. The molecule has 3 nitrogen and oxygen atoms in total. The second-order valence-corrected chi connectivity index (χ2v) is 6.50. The fraction of sp³-hybridized carbons (Fsp3) is 0.611. The van der Waals surface area contributed by atoms with E-state index in [1.54, 1.807) is 0 Å². The van der Waals surface area contributed by atoms with E-state index >= 15 is 0 Å². The number of aryl methyl sites for hydroxylation is 3. The summed E-state index contributed by atoms with van der Waals surface area (Å²) in [6, 6.07) is 4.22. The standard InChI is InChI=1S/C18H28N2O/c1-13-8-14(2)18(15(3)9-13)17(21)12-20-7-5-6-16(11-20)10-19-4/h8-9,16,19H,5-7,10-12H2,1-4H3. The van der Waals surface area contributed by atoms with Crippen LogP contribution in [-0.4, -0.2) is 43.9 Å². The first-order chi connectivity index (χ1) is 10.0. The second-order valence-electron chi connectivity index (χ2n) is 6.50. The van der Waals surface area contributed by atoms with Gasteiger partial charge in [0.25, 0.3) is 0 Å². The third-order valence-electron chi connectivity index (χ3n) is 4.42. The van der Waals surface area contributed by atoms with Gasteiger partial charge in [0.1, 0.15) is 0 Å². The number of Topliss-reactive ketones (excluding diaryl/α,β-unsaturated/α-hetero) is 1. The highest BCUT2D eigenvalue weighted by Gasteiger charge is 2.22. The number of piperidine rings is 1. The molecule has 0 amide bonds. The second kappa shape index (κ2) is 7.19. The van der Waals surface area contributed by atoms with Crippen LogP contribution in [0.2, 0.25) is 0 Å². The number of ketones is 1. The molecule has 1 N–H and O–H groups in total. The smallest absolute Gasteiger partial charge is 0.177 e. The minimum Gasteiger partial charge on any atom is -0.319 e. The van der Waals surface area contributed by atoms with Crippen molar-refractivity contribution < 1.29 is 4.79 Å². The molecule has 116 valence electrons. The van der Waals surface area contributed by atoms with Gasteiger partial charge in [0.05, 0.1) is 6.54 Å². The quantitative estimate of drug-likeness (QED) is 0.846. The van der Waals surface area contributed by atoms with E-state index in [-0.39, 0.29) is 5.78 Å². The number of nitrogens with zero attached hydrogens (tertiary/aromatic N) is 1. The first kappa shape index (κ1) is 16.2. The number of carbonyl (C=O) groups is 1. The molecule has 1 heterocycles. The van der Waals surface area contributed by atoms with Crippen LogP contribution in [0, 0.1) is 26.7 Å². The van der Waals surface area contributed by atoms with Gasteiger partial charge in [-0.2, -0.15) is 0 Å². The van der Waals surface area contributed by atoms with Crippen LogP contribution in [0.4, 0.5) is 0 Å². The molecule has 1 aromatic carbocycles. The maximum Gasteiger partial charge on any atom is 0.177 e. The van der Waals surface area contributed by atoms with E-state index in [9.17, 15) is 4.79 Å². The number of likely N-dealkylation sites (tertiary alicyclic amines) is 1. The molecule has 3 heteroatoms. The van der Waals surface area contributed by atoms with Crippen LogP contribution in [0.15, 0.2) is 12.1 Å². The van der Waals surface area contributed by atoms with Gasteiger partial charge in [-0.1, -0.05) is 17.7 Å². The number of benzene rings is 1. The van der Waals surface area contributed by atoms with Crippen molar-refractivity contribution in [3.8, 4) is 0 Å². The van der Waals surface area contributed by atoms with Gasteiger partial charge >= 0.3 is 0 Å². The van der Waals surface area contributed by atoms with E-state index in [1.807, 2.05) is 20.9 Å². The fourth-order valence-electron chi connectivity index (χ4n) is 3.65. The molecule has 1 fully saturated rings. The number of nitrogens with one attached hydrogen (secondary N) is 1. The summed E-state index contributed by atoms with van der Waals surface area (Å²) in [4.78, 5) is 15.0. The molecule has 1 atom stereocenters. The Morgan fingerprint density at radius 2 is 1.95 bits per heavy atom. The van der Waals surface area contributed by atoms with Gasteiger partial charge in [-0.25, -0.2) is 0 Å². The minimum absolute atomic E-state index is 0.273. The highest BCUT2D eigenvalue weighted by molar-refractivity contribution is 6.00. The van der Waals surface area contributed by atoms with Crippen molar-refractivity contribution in [1.82, 2.24) is 10.2 Å². The molecule has 0 radical (unpaired) electrons. The molecule has 0 aliphatic carbocycles. The zero-order valence-corrected chi connectivity index (χ0v) is 13.8. The van der Waals surface area contributed by atoms with Gasteiger partial charge < -0.3 is 5.32 Å². The van der Waals surface area contributed by atoms with E-state index in [0.717, 1.165) is 36.3 Å². The first-order valence-electron chi connectivity index (χ1n) is 7.99. The number of rotatable bonds is 5. The van der Waals surface area contributed by atoms with E-state index in [2.05, 4.69) is 29.3 Å². The molecule has 1 unspecified atom stereocenters. The predicted octanol–water partition coefficient (Wildman–Crippen LogP) is 2.73. The average Bonchev–Trinajstić information content (AvgIpc) is 2.38. The van der Waals surface area contributed by atoms with Crippen molar-refractivity contribution in [2.75, 3.05) is 33.2 Å². The molecular weight excluding hydrogens is 260 g/mol. The monoisotopic (exact) mass is 288 g/mol. The number of hydrogen-bond donors (Lipinski definition) is 1. The Bertz CT molecular complexity index is 485. The van der Waals surface area contributed by atoms with Crippen molar-refractivity contribution in [2.24, 2.45) is 5.92 Å². The predicted molar refractivity (Wildman–Crippen MR) is 88.1 cm³/mol. The van der Waals surface area contributed by atoms with Crippen molar-refractivity contribution in [3.63, 3.8) is 0 Å². The van der Waals surface area contributed by atoms with Gasteiger partial charge in [-0.3, -0.25) is 9.69 Å². The maximum atomic E-state index is 12.7. The third-order valence-corrected chi connectivity index (χ3v) is 4.42. The van der Waals surface area contributed by atoms with E-state index < -0.39 is 0 Å². The Labute approximate surface area is 128 Å². The molecular formula is C18H28N2O. The SMILES string of the molecule is CNCC1CCCN(CC(=O)c2c(C)cc(C)cc2C)C1. The lowest BCUT2D eigenvalue weighted by Gasteiger charge is -2.32. The lowest BCUT2D eigenvalue weighted by atomic mass is 9.94. The zero-order valence-electron chi connectivity index (χ0n) is 13.8. The Hall–Kier alpha value is -1.19. The Kier molecular flexibility index (Phi) is 5.54. The van der Waals surface area contributed by atoms with Crippen LogP contribution in [-0.2, 0) is 0 Å². The van der Waals surface area contributed by atoms with Gasteiger partial charge in [0.15, 0.2) is 5.78 Å². The highest BCUT2D eigenvalue weighted by atomic mass is 16.1. The average molecular weight is 288 g/mol. The van der Waals surface area contributed by atoms with E-state index in [1.165, 1.54) is 18.4 Å². The summed E-state index contributed by atoms with van der Waals surface area (Å²) in [5.41, 5.74) is 4.38. The summed E-state index contributed by atoms with van der Waals surface area (Å²) < 4.78 is 0. The molecule has 0 spiro atoms. The van der Waals surface area contributed by atoms with Crippen molar-refractivity contribution in [2.45, 2.75) is 33.6 Å². The largest absolute Gasteiger partial charge is 0.319 e. The molecule has 1 aliphatic rings. The molecule has 21 heavy (non-hydrogen) atoms. The topological polar surface area (TPSA) is 32.3 Å². The maximum absolute atomic E-state index is 12.7. The van der Waals surface area contributed by atoms with Crippen molar-refractivity contribution in [1.29, 1.82) is 0 Å². The molecule has 0 bridgehead atoms. The molecule has 2 rings (SSSR count).